The molecule has 0 fully saturated rings. The van der Waals surface area contributed by atoms with Gasteiger partial charge in [-0.1, -0.05) is 18.7 Å². The molecule has 1 rings (SSSR count). The summed E-state index contributed by atoms with van der Waals surface area (Å²) in [6.45, 7) is 4.62. The average molecular weight is 257 g/mol. The molecular weight excluding hydrogens is 238 g/mol. The zero-order valence-electron chi connectivity index (χ0n) is 10.4. The van der Waals surface area contributed by atoms with Gasteiger partial charge in [0.05, 0.1) is 0 Å². The second kappa shape index (κ2) is 6.02. The summed E-state index contributed by atoms with van der Waals surface area (Å²) in [6.07, 6.45) is 2.45. The van der Waals surface area contributed by atoms with E-state index in [9.17, 15) is 4.79 Å². The molecule has 0 saturated carbocycles. The molecule has 6 nitrogen and oxygen atoms in total. The van der Waals surface area contributed by atoms with Gasteiger partial charge in [-0.15, -0.1) is 0 Å². The lowest BCUT2D eigenvalue weighted by atomic mass is 10.1. The topological polar surface area (TPSA) is 85.8 Å². The number of thioether (sulfide) groups is 1. The number of rotatable bonds is 7. The van der Waals surface area contributed by atoms with E-state index in [1.807, 2.05) is 20.9 Å². The Bertz CT molecular complexity index is 381. The maximum absolute atomic E-state index is 11.5. The number of carbonyl (C=O) groups excluding carboxylic acids is 1. The number of hydrogen-bond donors (Lipinski definition) is 2. The highest BCUT2D eigenvalue weighted by Gasteiger charge is 2.30. The Kier molecular flexibility index (Phi) is 4.95. The molecular formula is C10H19N5OS. The minimum Gasteiger partial charge on any atom is -0.368 e. The van der Waals surface area contributed by atoms with Gasteiger partial charge in [-0.25, -0.2) is 9.67 Å². The predicted octanol–water partition coefficient (Wildman–Crippen LogP) is 0.151. The maximum Gasteiger partial charge on any atom is 0.238 e. The van der Waals surface area contributed by atoms with E-state index < -0.39 is 5.54 Å². The second-order valence-electron chi connectivity index (χ2n) is 4.08. The third-order valence-corrected chi connectivity index (χ3v) is 3.82. The fourth-order valence-electron chi connectivity index (χ4n) is 1.24. The normalized spacial score (nSPS) is 14.5. The fourth-order valence-corrected chi connectivity index (χ4v) is 2.25. The van der Waals surface area contributed by atoms with E-state index in [4.69, 9.17) is 5.73 Å². The first-order valence-corrected chi connectivity index (χ1v) is 6.50. The molecule has 96 valence electrons. The molecule has 1 unspecified atom stereocenters. The van der Waals surface area contributed by atoms with Crippen LogP contribution in [0.25, 0.3) is 0 Å². The van der Waals surface area contributed by atoms with Gasteiger partial charge < -0.3 is 11.1 Å². The van der Waals surface area contributed by atoms with Crippen LogP contribution in [-0.2, 0) is 11.8 Å². The lowest BCUT2D eigenvalue weighted by molar-refractivity contribution is -0.122. The van der Waals surface area contributed by atoms with Gasteiger partial charge in [-0.05, 0) is 19.9 Å². The van der Waals surface area contributed by atoms with Crippen LogP contribution in [0.15, 0.2) is 11.5 Å². The number of amides is 1. The third-order valence-electron chi connectivity index (χ3n) is 2.47. The molecule has 17 heavy (non-hydrogen) atoms. The highest BCUT2D eigenvalue weighted by molar-refractivity contribution is 7.99. The molecule has 0 aliphatic carbocycles. The molecule has 0 aromatic carbocycles. The molecule has 0 saturated heterocycles. The molecule has 0 radical (unpaired) electrons. The number of aromatic nitrogens is 3. The Balaban J connectivity index is 2.61. The van der Waals surface area contributed by atoms with E-state index >= 15 is 0 Å². The molecule has 7 heteroatoms. The zero-order chi connectivity index (χ0) is 12.9. The fraction of sp³-hybridized carbons (Fsp3) is 0.700. The minimum absolute atomic E-state index is 0.347. The van der Waals surface area contributed by atoms with Crippen LogP contribution in [0.2, 0.25) is 0 Å². The van der Waals surface area contributed by atoms with Crippen molar-refractivity contribution in [3.63, 3.8) is 0 Å². The lowest BCUT2D eigenvalue weighted by Crippen LogP contribution is -2.55. The number of nitrogens with one attached hydrogen (secondary N) is 1. The molecule has 1 amide bonds. The van der Waals surface area contributed by atoms with E-state index in [-0.39, 0.29) is 5.91 Å². The Morgan fingerprint density at radius 2 is 2.41 bits per heavy atom. The van der Waals surface area contributed by atoms with Crippen molar-refractivity contribution in [2.75, 3.05) is 12.3 Å². The van der Waals surface area contributed by atoms with Crippen LogP contribution in [0.1, 0.15) is 20.3 Å². The molecule has 3 N–H and O–H groups in total. The molecule has 1 aromatic rings. The van der Waals surface area contributed by atoms with Crippen LogP contribution in [0.3, 0.4) is 0 Å². The highest BCUT2D eigenvalue weighted by atomic mass is 32.2. The summed E-state index contributed by atoms with van der Waals surface area (Å²) in [4.78, 5) is 15.6. The smallest absolute Gasteiger partial charge is 0.238 e. The number of nitrogens with zero attached hydrogens (tertiary/aromatic N) is 3. The monoisotopic (exact) mass is 257 g/mol. The molecule has 0 aliphatic heterocycles. The van der Waals surface area contributed by atoms with Crippen LogP contribution in [-0.4, -0.2) is 38.5 Å². The van der Waals surface area contributed by atoms with Crippen LogP contribution in [0.4, 0.5) is 0 Å². The lowest BCUT2D eigenvalue weighted by Gasteiger charge is -2.26. The average Bonchev–Trinajstić information content (AvgIpc) is 2.69. The molecule has 1 aromatic heterocycles. The van der Waals surface area contributed by atoms with Crippen molar-refractivity contribution < 1.29 is 4.79 Å². The van der Waals surface area contributed by atoms with Crippen molar-refractivity contribution in [2.45, 2.75) is 31.0 Å². The number of nitrogens with two attached hydrogens (primary N) is 1. The predicted molar refractivity (Wildman–Crippen MR) is 67.6 cm³/mol. The van der Waals surface area contributed by atoms with E-state index in [0.29, 0.717) is 5.75 Å². The van der Waals surface area contributed by atoms with Crippen LogP contribution >= 0.6 is 11.8 Å². The van der Waals surface area contributed by atoms with Gasteiger partial charge in [-0.3, -0.25) is 4.79 Å². The van der Waals surface area contributed by atoms with E-state index in [2.05, 4.69) is 15.4 Å². The number of carbonyl (C=O) groups is 1. The van der Waals surface area contributed by atoms with E-state index in [1.165, 1.54) is 18.1 Å². The van der Waals surface area contributed by atoms with Crippen molar-refractivity contribution in [3.05, 3.63) is 6.33 Å². The van der Waals surface area contributed by atoms with Crippen LogP contribution in [0.5, 0.6) is 0 Å². The third kappa shape index (κ3) is 3.71. The number of primary amides is 1. The van der Waals surface area contributed by atoms with Crippen LogP contribution in [0, 0.1) is 0 Å². The van der Waals surface area contributed by atoms with Crippen molar-refractivity contribution >= 4 is 17.7 Å². The summed E-state index contributed by atoms with van der Waals surface area (Å²) in [5.74, 6) is 0.190. The summed E-state index contributed by atoms with van der Waals surface area (Å²) >= 11 is 1.47. The quantitative estimate of drug-likeness (QED) is 0.679. The minimum atomic E-state index is -0.716. The summed E-state index contributed by atoms with van der Waals surface area (Å²) in [5, 5.41) is 7.92. The van der Waals surface area contributed by atoms with Gasteiger partial charge in [0.1, 0.15) is 11.9 Å². The molecule has 1 heterocycles. The zero-order valence-corrected chi connectivity index (χ0v) is 11.3. The first kappa shape index (κ1) is 14.0. The summed E-state index contributed by atoms with van der Waals surface area (Å²) < 4.78 is 1.67. The van der Waals surface area contributed by atoms with Crippen molar-refractivity contribution in [1.82, 2.24) is 20.1 Å². The van der Waals surface area contributed by atoms with Crippen molar-refractivity contribution in [1.29, 1.82) is 0 Å². The van der Waals surface area contributed by atoms with Gasteiger partial charge in [0.15, 0.2) is 5.16 Å². The van der Waals surface area contributed by atoms with E-state index in [0.717, 1.165) is 18.1 Å². The van der Waals surface area contributed by atoms with Crippen molar-refractivity contribution in [3.8, 4) is 0 Å². The Hall–Kier alpha value is -1.08. The molecule has 0 spiro atoms. The van der Waals surface area contributed by atoms with Gasteiger partial charge in [0.2, 0.25) is 5.91 Å². The number of aryl methyl sites for hydroxylation is 1. The van der Waals surface area contributed by atoms with Gasteiger partial charge in [-0.2, -0.15) is 5.10 Å². The largest absolute Gasteiger partial charge is 0.368 e. The van der Waals surface area contributed by atoms with Gasteiger partial charge in [0.25, 0.3) is 0 Å². The Morgan fingerprint density at radius 1 is 1.71 bits per heavy atom. The Morgan fingerprint density at radius 3 is 2.88 bits per heavy atom. The van der Waals surface area contributed by atoms with Gasteiger partial charge in [0, 0.05) is 12.8 Å². The SMILES string of the molecule is CCCNC(C)(CSc1ncnn1C)C(N)=O. The van der Waals surface area contributed by atoms with E-state index in [1.54, 1.807) is 4.68 Å². The number of hydrogen-bond acceptors (Lipinski definition) is 5. The standard InChI is InChI=1S/C10H19N5OS/c1-4-5-13-10(2,8(11)16)6-17-9-12-7-14-15(9)3/h7,13H,4-6H2,1-3H3,(H2,11,16). The van der Waals surface area contributed by atoms with Crippen molar-refractivity contribution in [2.24, 2.45) is 12.8 Å². The first-order valence-electron chi connectivity index (χ1n) is 5.51. The van der Waals surface area contributed by atoms with Gasteiger partial charge >= 0.3 is 0 Å². The highest BCUT2D eigenvalue weighted by Crippen LogP contribution is 2.19. The molecule has 1 atom stereocenters. The summed E-state index contributed by atoms with van der Waals surface area (Å²) in [5.41, 5.74) is 4.72. The molecule has 0 aliphatic rings. The van der Waals surface area contributed by atoms with Crippen LogP contribution < -0.4 is 11.1 Å². The second-order valence-corrected chi connectivity index (χ2v) is 5.02. The summed E-state index contributed by atoms with van der Waals surface area (Å²) in [7, 11) is 1.82. The Labute approximate surface area is 105 Å². The maximum atomic E-state index is 11.5. The first-order chi connectivity index (χ1) is 7.99. The molecule has 0 bridgehead atoms. The summed E-state index contributed by atoms with van der Waals surface area (Å²) in [6, 6.07) is 0.